The van der Waals surface area contributed by atoms with Gasteiger partial charge in [0.15, 0.2) is 11.6 Å². The topological polar surface area (TPSA) is 63.8 Å². The number of nitrogens with zero attached hydrogens (tertiary/aromatic N) is 4. The predicted molar refractivity (Wildman–Crippen MR) is 73.2 cm³/mol. The monoisotopic (exact) mass is 324 g/mol. The highest BCUT2D eigenvalue weighted by molar-refractivity contribution is 9.10. The first-order valence-electron chi connectivity index (χ1n) is 5.23. The lowest BCUT2D eigenvalue weighted by molar-refractivity contribution is 0.279. The smallest absolute Gasteiger partial charge is 0.196 e. The Balaban J connectivity index is 2.31. The lowest BCUT2D eigenvalue weighted by Gasteiger charge is -2.04. The number of hydrogen-bond acceptors (Lipinski definition) is 5. The molecule has 0 fully saturated rings. The van der Waals surface area contributed by atoms with E-state index in [1.165, 1.54) is 11.3 Å². The van der Waals surface area contributed by atoms with E-state index in [1.54, 1.807) is 6.20 Å². The number of aliphatic hydroxyl groups is 1. The SMILES string of the molecule is Cn1ccnc1-c1nc(CO)c2scc(Br)c2n1. The van der Waals surface area contributed by atoms with E-state index in [9.17, 15) is 5.11 Å². The van der Waals surface area contributed by atoms with E-state index in [1.807, 2.05) is 23.2 Å². The molecule has 0 atom stereocenters. The maximum atomic E-state index is 9.41. The van der Waals surface area contributed by atoms with Crippen molar-refractivity contribution in [1.29, 1.82) is 0 Å². The highest BCUT2D eigenvalue weighted by Gasteiger charge is 2.14. The fourth-order valence-electron chi connectivity index (χ4n) is 1.74. The van der Waals surface area contributed by atoms with E-state index in [-0.39, 0.29) is 6.61 Å². The van der Waals surface area contributed by atoms with Gasteiger partial charge in [-0.05, 0) is 15.9 Å². The van der Waals surface area contributed by atoms with E-state index in [2.05, 4.69) is 30.9 Å². The lowest BCUT2D eigenvalue weighted by Crippen LogP contribution is -2.00. The van der Waals surface area contributed by atoms with Crippen LogP contribution in [-0.2, 0) is 13.7 Å². The number of aliphatic hydroxyl groups excluding tert-OH is 1. The summed E-state index contributed by atoms with van der Waals surface area (Å²) in [7, 11) is 1.89. The fraction of sp³-hybridized carbons (Fsp3) is 0.182. The number of aryl methyl sites for hydroxylation is 1. The van der Waals surface area contributed by atoms with Crippen molar-refractivity contribution in [3.63, 3.8) is 0 Å². The van der Waals surface area contributed by atoms with Crippen LogP contribution in [0.15, 0.2) is 22.2 Å². The van der Waals surface area contributed by atoms with Crippen molar-refractivity contribution in [2.45, 2.75) is 6.61 Å². The van der Waals surface area contributed by atoms with Crippen molar-refractivity contribution in [3.05, 3.63) is 27.9 Å². The molecule has 0 aromatic carbocycles. The summed E-state index contributed by atoms with van der Waals surface area (Å²) < 4.78 is 3.67. The van der Waals surface area contributed by atoms with Gasteiger partial charge < -0.3 is 9.67 Å². The number of halogens is 1. The van der Waals surface area contributed by atoms with Crippen molar-refractivity contribution in [3.8, 4) is 11.6 Å². The first-order chi connectivity index (χ1) is 8.70. The standard InChI is InChI=1S/C11H9BrN4OS/c1-16-3-2-13-11(16)10-14-7(4-17)9-8(15-10)6(12)5-18-9/h2-3,5,17H,4H2,1H3. The van der Waals surface area contributed by atoms with Crippen LogP contribution in [0.1, 0.15) is 5.69 Å². The van der Waals surface area contributed by atoms with Gasteiger partial charge in [-0.2, -0.15) is 0 Å². The molecule has 3 rings (SSSR count). The molecule has 92 valence electrons. The van der Waals surface area contributed by atoms with Crippen molar-refractivity contribution in [2.24, 2.45) is 7.05 Å². The highest BCUT2D eigenvalue weighted by atomic mass is 79.9. The summed E-state index contributed by atoms with van der Waals surface area (Å²) >= 11 is 4.97. The van der Waals surface area contributed by atoms with Crippen LogP contribution in [-0.4, -0.2) is 24.6 Å². The number of hydrogen-bond donors (Lipinski definition) is 1. The van der Waals surface area contributed by atoms with Gasteiger partial charge in [0.05, 0.1) is 27.0 Å². The van der Waals surface area contributed by atoms with E-state index in [0.717, 1.165) is 14.7 Å². The van der Waals surface area contributed by atoms with Crippen molar-refractivity contribution in [1.82, 2.24) is 19.5 Å². The molecule has 0 spiro atoms. The zero-order valence-electron chi connectivity index (χ0n) is 9.46. The van der Waals surface area contributed by atoms with Crippen molar-refractivity contribution < 1.29 is 5.11 Å². The summed E-state index contributed by atoms with van der Waals surface area (Å²) in [6.45, 7) is -0.108. The second-order valence-corrected chi connectivity index (χ2v) is 5.51. The van der Waals surface area contributed by atoms with Gasteiger partial charge in [0.25, 0.3) is 0 Å². The van der Waals surface area contributed by atoms with Crippen LogP contribution in [0.25, 0.3) is 21.9 Å². The minimum Gasteiger partial charge on any atom is -0.390 e. The normalized spacial score (nSPS) is 11.3. The molecule has 0 saturated heterocycles. The van der Waals surface area contributed by atoms with Gasteiger partial charge in [-0.15, -0.1) is 11.3 Å². The van der Waals surface area contributed by atoms with Gasteiger partial charge in [-0.1, -0.05) is 0 Å². The lowest BCUT2D eigenvalue weighted by atomic mass is 10.3. The number of rotatable bonds is 2. The third-order valence-electron chi connectivity index (χ3n) is 2.61. The zero-order chi connectivity index (χ0) is 12.7. The molecule has 0 amide bonds. The van der Waals surface area contributed by atoms with E-state index < -0.39 is 0 Å². The summed E-state index contributed by atoms with van der Waals surface area (Å²) in [6.07, 6.45) is 3.54. The maximum Gasteiger partial charge on any atom is 0.196 e. The summed E-state index contributed by atoms with van der Waals surface area (Å²) in [5.41, 5.74) is 1.45. The molecular formula is C11H9BrN4OS. The minimum atomic E-state index is -0.108. The molecule has 5 nitrogen and oxygen atoms in total. The second-order valence-electron chi connectivity index (χ2n) is 3.78. The predicted octanol–water partition coefficient (Wildman–Crippen LogP) is 2.35. The van der Waals surface area contributed by atoms with Gasteiger partial charge >= 0.3 is 0 Å². The van der Waals surface area contributed by atoms with Gasteiger partial charge in [-0.3, -0.25) is 0 Å². The molecular weight excluding hydrogens is 316 g/mol. The number of imidazole rings is 1. The quantitative estimate of drug-likeness (QED) is 0.785. The van der Waals surface area contributed by atoms with E-state index >= 15 is 0 Å². The van der Waals surface area contributed by atoms with Crippen molar-refractivity contribution >= 4 is 37.5 Å². The van der Waals surface area contributed by atoms with Crippen LogP contribution in [0.3, 0.4) is 0 Å². The van der Waals surface area contributed by atoms with Crippen LogP contribution in [0, 0.1) is 0 Å². The average molecular weight is 325 g/mol. The molecule has 7 heteroatoms. The molecule has 0 aliphatic heterocycles. The number of thiophene rings is 1. The summed E-state index contributed by atoms with van der Waals surface area (Å²) in [4.78, 5) is 13.1. The molecule has 3 aromatic heterocycles. The molecule has 0 unspecified atom stereocenters. The Labute approximate surface area is 115 Å². The fourth-order valence-corrected chi connectivity index (χ4v) is 3.28. The Morgan fingerprint density at radius 3 is 2.94 bits per heavy atom. The average Bonchev–Trinajstić information content (AvgIpc) is 2.95. The zero-order valence-corrected chi connectivity index (χ0v) is 11.9. The molecule has 3 aromatic rings. The number of fused-ring (bicyclic) bond motifs is 1. The van der Waals surface area contributed by atoms with Crippen LogP contribution in [0.5, 0.6) is 0 Å². The summed E-state index contributed by atoms with van der Waals surface area (Å²) in [6, 6.07) is 0. The van der Waals surface area contributed by atoms with E-state index in [4.69, 9.17) is 0 Å². The molecule has 0 saturated carbocycles. The molecule has 0 aliphatic carbocycles. The molecule has 0 bridgehead atoms. The Morgan fingerprint density at radius 1 is 1.44 bits per heavy atom. The Morgan fingerprint density at radius 2 is 2.28 bits per heavy atom. The van der Waals surface area contributed by atoms with E-state index in [0.29, 0.717) is 17.3 Å². The van der Waals surface area contributed by atoms with Crippen LogP contribution in [0.4, 0.5) is 0 Å². The molecule has 1 N–H and O–H groups in total. The number of aromatic nitrogens is 4. The first-order valence-corrected chi connectivity index (χ1v) is 6.90. The van der Waals surface area contributed by atoms with Crippen LogP contribution >= 0.6 is 27.3 Å². The molecule has 3 heterocycles. The summed E-state index contributed by atoms with van der Waals surface area (Å²) in [5, 5.41) is 11.4. The largest absolute Gasteiger partial charge is 0.390 e. The maximum absolute atomic E-state index is 9.41. The molecule has 0 radical (unpaired) electrons. The van der Waals surface area contributed by atoms with Crippen LogP contribution < -0.4 is 0 Å². The Kier molecular flexibility index (Phi) is 2.89. The molecule has 0 aliphatic rings. The van der Waals surface area contributed by atoms with Gasteiger partial charge in [0, 0.05) is 24.8 Å². The van der Waals surface area contributed by atoms with Gasteiger partial charge in [0.2, 0.25) is 0 Å². The highest BCUT2D eigenvalue weighted by Crippen LogP contribution is 2.32. The van der Waals surface area contributed by atoms with Gasteiger partial charge in [0.1, 0.15) is 0 Å². The van der Waals surface area contributed by atoms with Gasteiger partial charge in [-0.25, -0.2) is 15.0 Å². The third-order valence-corrected chi connectivity index (χ3v) is 4.54. The first kappa shape index (κ1) is 11.8. The Hall–Kier alpha value is -1.31. The second kappa shape index (κ2) is 4.42. The Bertz CT molecular complexity index is 721. The molecule has 18 heavy (non-hydrogen) atoms. The van der Waals surface area contributed by atoms with Crippen LogP contribution in [0.2, 0.25) is 0 Å². The van der Waals surface area contributed by atoms with Crippen molar-refractivity contribution in [2.75, 3.05) is 0 Å². The minimum absolute atomic E-state index is 0.108. The summed E-state index contributed by atoms with van der Waals surface area (Å²) in [5.74, 6) is 1.21. The third kappa shape index (κ3) is 1.75.